The number of hydrogen-bond donors (Lipinski definition) is 1. The number of carbonyl (C=O) groups excluding carboxylic acids is 2. The Hall–Kier alpha value is -3.51. The number of furan rings is 1. The van der Waals surface area contributed by atoms with Crippen LogP contribution in [0.4, 0.5) is 11.4 Å². The molecule has 0 saturated carbocycles. The number of carbonyl (C=O) groups is 2. The van der Waals surface area contributed by atoms with Crippen molar-refractivity contribution < 1.29 is 14.0 Å². The normalized spacial score (nSPS) is 14.1. The molecule has 34 heavy (non-hydrogen) atoms. The number of benzene rings is 2. The summed E-state index contributed by atoms with van der Waals surface area (Å²) in [5, 5.41) is 3.54. The molecule has 0 atom stereocenters. The summed E-state index contributed by atoms with van der Waals surface area (Å²) in [4.78, 5) is 28.7. The minimum atomic E-state index is -0.238. The molecule has 176 valence electrons. The van der Waals surface area contributed by atoms with Crippen molar-refractivity contribution in [3.05, 3.63) is 77.5 Å². The number of hydrogen-bond acceptors (Lipinski definition) is 4. The molecule has 1 saturated heterocycles. The van der Waals surface area contributed by atoms with Crippen molar-refractivity contribution in [1.82, 2.24) is 4.90 Å². The largest absolute Gasteiger partial charge is 0.457 e. The van der Waals surface area contributed by atoms with E-state index in [1.54, 1.807) is 18.2 Å². The number of rotatable bonds is 6. The highest BCUT2D eigenvalue weighted by Crippen LogP contribution is 2.24. The van der Waals surface area contributed by atoms with Crippen LogP contribution in [0.2, 0.25) is 5.02 Å². The van der Waals surface area contributed by atoms with Crippen LogP contribution in [-0.2, 0) is 9.59 Å². The molecule has 0 radical (unpaired) electrons. The molecule has 2 aromatic carbocycles. The van der Waals surface area contributed by atoms with Gasteiger partial charge in [0.15, 0.2) is 0 Å². The lowest BCUT2D eigenvalue weighted by Crippen LogP contribution is -2.49. The van der Waals surface area contributed by atoms with E-state index in [1.807, 2.05) is 67.3 Å². The van der Waals surface area contributed by atoms with E-state index >= 15 is 0 Å². The Bertz CT molecular complexity index is 1160. The Morgan fingerprint density at radius 1 is 0.941 bits per heavy atom. The SMILES string of the molecule is CC(C)C(=O)N1CCN(c2ccc(NC(=O)C=Cc3ccc(-c4ccc(Cl)cc4)o3)cc2)CC1. The van der Waals surface area contributed by atoms with Crippen molar-refractivity contribution in [3.8, 4) is 11.3 Å². The zero-order chi connectivity index (χ0) is 24.1. The number of nitrogens with one attached hydrogen (secondary N) is 1. The number of nitrogens with zero attached hydrogens (tertiary/aromatic N) is 2. The van der Waals surface area contributed by atoms with Crippen molar-refractivity contribution in [1.29, 1.82) is 0 Å². The van der Waals surface area contributed by atoms with Crippen LogP contribution in [-0.4, -0.2) is 42.9 Å². The third-order valence-electron chi connectivity index (χ3n) is 5.74. The predicted molar refractivity (Wildman–Crippen MR) is 137 cm³/mol. The van der Waals surface area contributed by atoms with Gasteiger partial charge in [0.05, 0.1) is 0 Å². The van der Waals surface area contributed by atoms with Gasteiger partial charge in [-0.3, -0.25) is 9.59 Å². The van der Waals surface area contributed by atoms with Gasteiger partial charge in [-0.2, -0.15) is 0 Å². The van der Waals surface area contributed by atoms with Crippen LogP contribution in [0.5, 0.6) is 0 Å². The standard InChI is InChI=1S/C27H28ClN3O3/c1-19(2)27(33)31-17-15-30(16-18-31)23-9-7-22(8-10-23)29-26(32)14-12-24-11-13-25(34-24)20-3-5-21(28)6-4-20/h3-14,19H,15-18H2,1-2H3,(H,29,32). The van der Waals surface area contributed by atoms with E-state index in [0.29, 0.717) is 22.2 Å². The quantitative estimate of drug-likeness (QED) is 0.472. The summed E-state index contributed by atoms with van der Waals surface area (Å²) in [6.07, 6.45) is 3.09. The van der Waals surface area contributed by atoms with Crippen LogP contribution >= 0.6 is 11.6 Å². The first-order chi connectivity index (χ1) is 16.4. The van der Waals surface area contributed by atoms with Gasteiger partial charge in [0.1, 0.15) is 11.5 Å². The second kappa shape index (κ2) is 10.6. The average molecular weight is 478 g/mol. The highest BCUT2D eigenvalue weighted by Gasteiger charge is 2.22. The van der Waals surface area contributed by atoms with E-state index in [-0.39, 0.29) is 17.7 Å². The van der Waals surface area contributed by atoms with Gasteiger partial charge in [0.25, 0.3) is 0 Å². The van der Waals surface area contributed by atoms with Crippen LogP contribution in [0, 0.1) is 5.92 Å². The molecule has 1 aliphatic heterocycles. The summed E-state index contributed by atoms with van der Waals surface area (Å²) in [6, 6.07) is 18.8. The van der Waals surface area contributed by atoms with Crippen LogP contribution < -0.4 is 10.2 Å². The van der Waals surface area contributed by atoms with Crippen LogP contribution in [0.15, 0.2) is 71.2 Å². The fourth-order valence-corrected chi connectivity index (χ4v) is 3.99. The summed E-state index contributed by atoms with van der Waals surface area (Å²) in [7, 11) is 0. The van der Waals surface area contributed by atoms with E-state index in [9.17, 15) is 9.59 Å². The maximum Gasteiger partial charge on any atom is 0.248 e. The van der Waals surface area contributed by atoms with Crippen LogP contribution in [0.1, 0.15) is 19.6 Å². The van der Waals surface area contributed by atoms with Gasteiger partial charge in [0.2, 0.25) is 11.8 Å². The molecule has 1 N–H and O–H groups in total. The van der Waals surface area contributed by atoms with Gasteiger partial charge in [-0.05, 0) is 66.7 Å². The number of amides is 2. The highest BCUT2D eigenvalue weighted by atomic mass is 35.5. The summed E-state index contributed by atoms with van der Waals surface area (Å²) in [5.41, 5.74) is 2.71. The maximum absolute atomic E-state index is 12.3. The Kier molecular flexibility index (Phi) is 7.38. The second-order valence-electron chi connectivity index (χ2n) is 8.55. The van der Waals surface area contributed by atoms with Gasteiger partial charge in [0, 0.05) is 60.1 Å². The maximum atomic E-state index is 12.3. The van der Waals surface area contributed by atoms with E-state index in [4.69, 9.17) is 16.0 Å². The van der Waals surface area contributed by atoms with E-state index in [1.165, 1.54) is 6.08 Å². The number of piperazine rings is 1. The molecular formula is C27H28ClN3O3. The number of anilines is 2. The molecule has 1 aromatic heterocycles. The summed E-state index contributed by atoms with van der Waals surface area (Å²) >= 11 is 5.93. The van der Waals surface area contributed by atoms with Crippen LogP contribution in [0.3, 0.4) is 0 Å². The molecule has 6 nitrogen and oxygen atoms in total. The average Bonchev–Trinajstić information content (AvgIpc) is 3.32. The Labute approximate surface area is 204 Å². The van der Waals surface area contributed by atoms with E-state index in [2.05, 4.69) is 10.2 Å². The molecule has 1 aliphatic rings. The molecule has 0 unspecified atom stereocenters. The Balaban J connectivity index is 1.29. The molecule has 2 amide bonds. The zero-order valence-corrected chi connectivity index (χ0v) is 20.1. The van der Waals surface area contributed by atoms with Gasteiger partial charge in [-0.15, -0.1) is 0 Å². The minimum Gasteiger partial charge on any atom is -0.457 e. The lowest BCUT2D eigenvalue weighted by Gasteiger charge is -2.37. The first-order valence-corrected chi connectivity index (χ1v) is 11.8. The molecule has 0 spiro atoms. The van der Waals surface area contributed by atoms with E-state index in [0.717, 1.165) is 37.4 Å². The van der Waals surface area contributed by atoms with Crippen molar-refractivity contribution in [3.63, 3.8) is 0 Å². The zero-order valence-electron chi connectivity index (χ0n) is 19.3. The Morgan fingerprint density at radius 3 is 2.26 bits per heavy atom. The van der Waals surface area contributed by atoms with Crippen molar-refractivity contribution >= 4 is 40.9 Å². The van der Waals surface area contributed by atoms with Gasteiger partial charge in [-0.1, -0.05) is 25.4 Å². The molecular weight excluding hydrogens is 450 g/mol. The van der Waals surface area contributed by atoms with Crippen LogP contribution in [0.25, 0.3) is 17.4 Å². The highest BCUT2D eigenvalue weighted by molar-refractivity contribution is 6.30. The molecule has 3 aromatic rings. The summed E-state index contributed by atoms with van der Waals surface area (Å²) in [6.45, 7) is 6.93. The third kappa shape index (κ3) is 5.88. The predicted octanol–water partition coefficient (Wildman–Crippen LogP) is 5.56. The monoisotopic (exact) mass is 477 g/mol. The van der Waals surface area contributed by atoms with Crippen molar-refractivity contribution in [2.45, 2.75) is 13.8 Å². The Morgan fingerprint density at radius 2 is 1.62 bits per heavy atom. The first-order valence-electron chi connectivity index (χ1n) is 11.4. The van der Waals surface area contributed by atoms with Gasteiger partial charge in [-0.25, -0.2) is 0 Å². The molecule has 0 aliphatic carbocycles. The minimum absolute atomic E-state index is 0.0295. The number of halogens is 1. The second-order valence-corrected chi connectivity index (χ2v) is 8.98. The molecule has 1 fully saturated rings. The van der Waals surface area contributed by atoms with Gasteiger partial charge < -0.3 is 19.5 Å². The van der Waals surface area contributed by atoms with Gasteiger partial charge >= 0.3 is 0 Å². The molecule has 7 heteroatoms. The summed E-state index contributed by atoms with van der Waals surface area (Å²) < 4.78 is 5.79. The molecule has 0 bridgehead atoms. The molecule has 4 rings (SSSR count). The van der Waals surface area contributed by atoms with Crippen molar-refractivity contribution in [2.75, 3.05) is 36.4 Å². The molecule has 2 heterocycles. The topological polar surface area (TPSA) is 65.8 Å². The smallest absolute Gasteiger partial charge is 0.248 e. The summed E-state index contributed by atoms with van der Waals surface area (Å²) in [5.74, 6) is 1.30. The fourth-order valence-electron chi connectivity index (χ4n) is 3.86. The first kappa shape index (κ1) is 23.6. The fraction of sp³-hybridized carbons (Fsp3) is 0.259. The van der Waals surface area contributed by atoms with Crippen molar-refractivity contribution in [2.24, 2.45) is 5.92 Å². The third-order valence-corrected chi connectivity index (χ3v) is 5.99. The lowest BCUT2D eigenvalue weighted by atomic mass is 10.1. The van der Waals surface area contributed by atoms with E-state index < -0.39 is 0 Å². The lowest BCUT2D eigenvalue weighted by molar-refractivity contribution is -0.134.